The van der Waals surface area contributed by atoms with Crippen LogP contribution >= 0.6 is 0 Å². The molecule has 1 aliphatic rings. The van der Waals surface area contributed by atoms with Crippen molar-refractivity contribution in [2.45, 2.75) is 76.8 Å². The van der Waals surface area contributed by atoms with E-state index in [0.29, 0.717) is 12.5 Å². The second-order valence-electron chi connectivity index (χ2n) is 5.74. The predicted octanol–water partition coefficient (Wildman–Crippen LogP) is 2.34. The quantitative estimate of drug-likeness (QED) is 0.723. The number of rotatable bonds is 4. The van der Waals surface area contributed by atoms with Gasteiger partial charge in [0, 0.05) is 18.0 Å². The molecule has 0 spiro atoms. The third-order valence-corrected chi connectivity index (χ3v) is 3.22. The van der Waals surface area contributed by atoms with E-state index in [2.05, 4.69) is 5.32 Å². The molecule has 0 unspecified atom stereocenters. The van der Waals surface area contributed by atoms with E-state index in [1.54, 1.807) is 0 Å². The molecule has 1 amide bonds. The van der Waals surface area contributed by atoms with Crippen molar-refractivity contribution in [3.63, 3.8) is 0 Å². The zero-order chi connectivity index (χ0) is 12.0. The van der Waals surface area contributed by atoms with Crippen LogP contribution in [0, 0.1) is 0 Å². The van der Waals surface area contributed by atoms with Crippen LogP contribution in [0.3, 0.4) is 0 Å². The van der Waals surface area contributed by atoms with Gasteiger partial charge >= 0.3 is 0 Å². The van der Waals surface area contributed by atoms with E-state index in [0.717, 1.165) is 19.3 Å². The Kier molecular flexibility index (Phi) is 5.26. The third-order valence-electron chi connectivity index (χ3n) is 3.22. The Bertz CT molecular complexity index is 212. The van der Waals surface area contributed by atoms with E-state index in [9.17, 15) is 4.79 Å². The van der Waals surface area contributed by atoms with Gasteiger partial charge in [0.15, 0.2) is 0 Å². The number of hydrogen-bond donors (Lipinski definition) is 2. The molecule has 0 aromatic carbocycles. The maximum absolute atomic E-state index is 11.7. The lowest BCUT2D eigenvalue weighted by Gasteiger charge is -2.20. The molecule has 0 heterocycles. The van der Waals surface area contributed by atoms with Gasteiger partial charge in [-0.1, -0.05) is 25.7 Å². The summed E-state index contributed by atoms with van der Waals surface area (Å²) in [7, 11) is 0. The maximum atomic E-state index is 11.7. The first kappa shape index (κ1) is 13.5. The van der Waals surface area contributed by atoms with Crippen molar-refractivity contribution in [2.24, 2.45) is 5.73 Å². The highest BCUT2D eigenvalue weighted by Gasteiger charge is 2.17. The fraction of sp³-hybridized carbons (Fsp3) is 0.923. The lowest BCUT2D eigenvalue weighted by molar-refractivity contribution is -0.122. The van der Waals surface area contributed by atoms with Gasteiger partial charge in [0.25, 0.3) is 0 Å². The normalized spacial score (nSPS) is 19.2. The highest BCUT2D eigenvalue weighted by atomic mass is 16.1. The van der Waals surface area contributed by atoms with Crippen LogP contribution in [-0.2, 0) is 4.79 Å². The molecule has 0 bridgehead atoms. The Morgan fingerprint density at radius 1 is 1.25 bits per heavy atom. The molecular weight excluding hydrogens is 200 g/mol. The summed E-state index contributed by atoms with van der Waals surface area (Å²) in [5.41, 5.74) is 5.63. The van der Waals surface area contributed by atoms with E-state index < -0.39 is 0 Å². The minimum absolute atomic E-state index is 0.172. The molecular formula is C13H26N2O. The first-order valence-corrected chi connectivity index (χ1v) is 6.56. The molecule has 0 saturated heterocycles. The molecule has 0 aromatic rings. The van der Waals surface area contributed by atoms with Crippen molar-refractivity contribution >= 4 is 5.91 Å². The monoisotopic (exact) mass is 226 g/mol. The molecule has 1 aliphatic carbocycles. The summed E-state index contributed by atoms with van der Waals surface area (Å²) in [5, 5.41) is 3.14. The Balaban J connectivity index is 2.22. The summed E-state index contributed by atoms with van der Waals surface area (Å²) in [4.78, 5) is 11.7. The van der Waals surface area contributed by atoms with Gasteiger partial charge in [-0.15, -0.1) is 0 Å². The summed E-state index contributed by atoms with van der Waals surface area (Å²) in [6, 6.07) is 0.413. The first-order valence-electron chi connectivity index (χ1n) is 6.56. The van der Waals surface area contributed by atoms with E-state index >= 15 is 0 Å². The van der Waals surface area contributed by atoms with Gasteiger partial charge in [0.1, 0.15) is 0 Å². The Morgan fingerprint density at radius 3 is 2.31 bits per heavy atom. The first-order chi connectivity index (χ1) is 7.47. The number of carbonyl (C=O) groups excluding carboxylic acids is 1. The maximum Gasteiger partial charge on any atom is 0.220 e. The van der Waals surface area contributed by atoms with Crippen LogP contribution in [0.4, 0.5) is 0 Å². The van der Waals surface area contributed by atoms with Crippen LogP contribution in [0.1, 0.15) is 65.2 Å². The van der Waals surface area contributed by atoms with E-state index in [4.69, 9.17) is 5.73 Å². The molecule has 3 heteroatoms. The summed E-state index contributed by atoms with van der Waals surface area (Å²) in [6.45, 7) is 3.93. The Labute approximate surface area is 99.2 Å². The van der Waals surface area contributed by atoms with Gasteiger partial charge in [0.2, 0.25) is 5.91 Å². The van der Waals surface area contributed by atoms with Crippen molar-refractivity contribution in [2.75, 3.05) is 0 Å². The minimum Gasteiger partial charge on any atom is -0.353 e. The SMILES string of the molecule is CC(C)(N)CCC(=O)NC1CCCCCC1. The molecule has 94 valence electrons. The number of hydrogen-bond acceptors (Lipinski definition) is 2. The lowest BCUT2D eigenvalue weighted by atomic mass is 9.99. The van der Waals surface area contributed by atoms with Crippen molar-refractivity contribution in [1.29, 1.82) is 0 Å². The zero-order valence-corrected chi connectivity index (χ0v) is 10.7. The van der Waals surface area contributed by atoms with Gasteiger partial charge in [-0.05, 0) is 33.1 Å². The van der Waals surface area contributed by atoms with Gasteiger partial charge < -0.3 is 11.1 Å². The van der Waals surface area contributed by atoms with Gasteiger partial charge in [-0.25, -0.2) is 0 Å². The van der Waals surface area contributed by atoms with Crippen LogP contribution in [0.5, 0.6) is 0 Å². The standard InChI is InChI=1S/C13H26N2O/c1-13(2,14)10-9-12(16)15-11-7-5-3-4-6-8-11/h11H,3-10,14H2,1-2H3,(H,15,16). The highest BCUT2D eigenvalue weighted by Crippen LogP contribution is 2.17. The summed E-state index contributed by atoms with van der Waals surface area (Å²) >= 11 is 0. The summed E-state index contributed by atoms with van der Waals surface area (Å²) in [5.74, 6) is 0.172. The van der Waals surface area contributed by atoms with E-state index in [1.165, 1.54) is 25.7 Å². The van der Waals surface area contributed by atoms with E-state index in [-0.39, 0.29) is 11.4 Å². The molecule has 0 atom stereocenters. The van der Waals surface area contributed by atoms with Crippen molar-refractivity contribution in [1.82, 2.24) is 5.32 Å². The third kappa shape index (κ3) is 6.11. The molecule has 3 N–H and O–H groups in total. The van der Waals surface area contributed by atoms with E-state index in [1.807, 2.05) is 13.8 Å². The molecule has 0 radical (unpaired) electrons. The Hall–Kier alpha value is -0.570. The Morgan fingerprint density at radius 2 is 1.81 bits per heavy atom. The molecule has 0 aliphatic heterocycles. The van der Waals surface area contributed by atoms with Gasteiger partial charge in [0.05, 0.1) is 0 Å². The topological polar surface area (TPSA) is 55.1 Å². The highest BCUT2D eigenvalue weighted by molar-refractivity contribution is 5.76. The number of nitrogens with one attached hydrogen (secondary N) is 1. The van der Waals surface area contributed by atoms with Crippen LogP contribution in [0.2, 0.25) is 0 Å². The molecule has 3 nitrogen and oxygen atoms in total. The molecule has 1 rings (SSSR count). The molecule has 16 heavy (non-hydrogen) atoms. The largest absolute Gasteiger partial charge is 0.353 e. The molecule has 1 saturated carbocycles. The van der Waals surface area contributed by atoms with Crippen LogP contribution in [0.25, 0.3) is 0 Å². The average molecular weight is 226 g/mol. The lowest BCUT2D eigenvalue weighted by Crippen LogP contribution is -2.37. The summed E-state index contributed by atoms with van der Waals surface area (Å²) in [6.07, 6.45) is 8.77. The van der Waals surface area contributed by atoms with Crippen molar-refractivity contribution in [3.8, 4) is 0 Å². The minimum atomic E-state index is -0.235. The van der Waals surface area contributed by atoms with Crippen LogP contribution < -0.4 is 11.1 Å². The zero-order valence-electron chi connectivity index (χ0n) is 10.7. The number of amides is 1. The van der Waals surface area contributed by atoms with Gasteiger partial charge in [-0.3, -0.25) is 4.79 Å². The predicted molar refractivity (Wildman–Crippen MR) is 67.1 cm³/mol. The van der Waals surface area contributed by atoms with Crippen molar-refractivity contribution in [3.05, 3.63) is 0 Å². The average Bonchev–Trinajstić information content (AvgIpc) is 2.42. The van der Waals surface area contributed by atoms with Gasteiger partial charge in [-0.2, -0.15) is 0 Å². The van der Waals surface area contributed by atoms with Crippen LogP contribution in [-0.4, -0.2) is 17.5 Å². The van der Waals surface area contributed by atoms with Crippen molar-refractivity contribution < 1.29 is 4.79 Å². The smallest absolute Gasteiger partial charge is 0.220 e. The fourth-order valence-electron chi connectivity index (χ4n) is 2.16. The van der Waals surface area contributed by atoms with Crippen LogP contribution in [0.15, 0.2) is 0 Å². The second-order valence-corrected chi connectivity index (χ2v) is 5.74. The number of carbonyl (C=O) groups is 1. The molecule has 0 aromatic heterocycles. The second kappa shape index (κ2) is 6.24. The fourth-order valence-corrected chi connectivity index (χ4v) is 2.16. The molecule has 1 fully saturated rings. The number of nitrogens with two attached hydrogens (primary N) is 1. The summed E-state index contributed by atoms with van der Waals surface area (Å²) < 4.78 is 0.